The van der Waals surface area contributed by atoms with Crippen LogP contribution in [0.15, 0.2) is 24.3 Å². The number of piperidine rings is 1. The van der Waals surface area contributed by atoms with Crippen LogP contribution < -0.4 is 11.1 Å². The van der Waals surface area contributed by atoms with Gasteiger partial charge in [0, 0.05) is 26.2 Å². The molecule has 3 N–H and O–H groups in total. The summed E-state index contributed by atoms with van der Waals surface area (Å²) in [7, 11) is 1.51. The lowest BCUT2D eigenvalue weighted by Crippen LogP contribution is -2.49. The van der Waals surface area contributed by atoms with Crippen LogP contribution in [0.5, 0.6) is 0 Å². The van der Waals surface area contributed by atoms with Gasteiger partial charge in [0.1, 0.15) is 12.6 Å². The third kappa shape index (κ3) is 4.77. The summed E-state index contributed by atoms with van der Waals surface area (Å²) in [5, 5.41) is 2.99. The fraction of sp³-hybridized carbons (Fsp3) is 0.529. The molecule has 1 heterocycles. The molecule has 6 nitrogen and oxygen atoms in total. The van der Waals surface area contributed by atoms with E-state index in [1.54, 1.807) is 4.90 Å². The van der Waals surface area contributed by atoms with E-state index >= 15 is 0 Å². The zero-order valence-electron chi connectivity index (χ0n) is 13.7. The van der Waals surface area contributed by atoms with Crippen molar-refractivity contribution in [1.82, 2.24) is 10.2 Å². The fourth-order valence-corrected chi connectivity index (χ4v) is 2.70. The number of aryl methyl sites for hydroxylation is 1. The standard InChI is InChI=1S/C17H25N3O3/c1-12-3-5-13(6-4-12)16(18)17(22)19-14-7-9-20(10-8-14)15(21)11-23-2/h3-6,14,16H,7-11,18H2,1-2H3,(H,19,22). The Kier molecular flexibility index (Phi) is 6.12. The van der Waals surface area contributed by atoms with Crippen LogP contribution in [0, 0.1) is 6.92 Å². The number of carbonyl (C=O) groups excluding carboxylic acids is 2. The van der Waals surface area contributed by atoms with Crippen LogP contribution in [0.1, 0.15) is 30.0 Å². The van der Waals surface area contributed by atoms with Gasteiger partial charge in [0.15, 0.2) is 0 Å². The van der Waals surface area contributed by atoms with Gasteiger partial charge < -0.3 is 20.7 Å². The van der Waals surface area contributed by atoms with Gasteiger partial charge in [0.05, 0.1) is 0 Å². The van der Waals surface area contributed by atoms with Gasteiger partial charge in [-0.1, -0.05) is 29.8 Å². The van der Waals surface area contributed by atoms with E-state index in [2.05, 4.69) is 5.32 Å². The molecule has 1 unspecified atom stereocenters. The first-order chi connectivity index (χ1) is 11.0. The lowest BCUT2D eigenvalue weighted by Gasteiger charge is -2.32. The number of hydrogen-bond donors (Lipinski definition) is 2. The van der Waals surface area contributed by atoms with Crippen LogP contribution in [-0.4, -0.2) is 49.6 Å². The van der Waals surface area contributed by atoms with Crippen LogP contribution in [0.3, 0.4) is 0 Å². The van der Waals surface area contributed by atoms with Gasteiger partial charge in [0.25, 0.3) is 0 Å². The largest absolute Gasteiger partial charge is 0.375 e. The smallest absolute Gasteiger partial charge is 0.248 e. The summed E-state index contributed by atoms with van der Waals surface area (Å²) < 4.78 is 4.86. The zero-order chi connectivity index (χ0) is 16.8. The Balaban J connectivity index is 1.82. The monoisotopic (exact) mass is 319 g/mol. The summed E-state index contributed by atoms with van der Waals surface area (Å²) in [6.07, 6.45) is 1.48. The van der Waals surface area contributed by atoms with E-state index in [4.69, 9.17) is 10.5 Å². The second-order valence-electron chi connectivity index (χ2n) is 5.99. The molecule has 0 aromatic heterocycles. The van der Waals surface area contributed by atoms with Crippen molar-refractivity contribution >= 4 is 11.8 Å². The number of nitrogens with zero attached hydrogens (tertiary/aromatic N) is 1. The minimum absolute atomic E-state index is 0.00590. The highest BCUT2D eigenvalue weighted by molar-refractivity contribution is 5.83. The predicted molar refractivity (Wildman–Crippen MR) is 87.7 cm³/mol. The molecular weight excluding hydrogens is 294 g/mol. The summed E-state index contributed by atoms with van der Waals surface area (Å²) in [6.45, 7) is 3.36. The number of ether oxygens (including phenoxy) is 1. The Hall–Kier alpha value is -1.92. The third-order valence-corrected chi connectivity index (χ3v) is 4.18. The molecule has 1 aromatic rings. The number of hydrogen-bond acceptors (Lipinski definition) is 4. The van der Waals surface area contributed by atoms with E-state index in [9.17, 15) is 9.59 Å². The van der Waals surface area contributed by atoms with E-state index in [0.29, 0.717) is 13.1 Å². The Labute approximate surface area is 137 Å². The SMILES string of the molecule is COCC(=O)N1CCC(NC(=O)C(N)c2ccc(C)cc2)CC1. The molecule has 0 spiro atoms. The van der Waals surface area contributed by atoms with Crippen molar-refractivity contribution in [1.29, 1.82) is 0 Å². The third-order valence-electron chi connectivity index (χ3n) is 4.18. The van der Waals surface area contributed by atoms with Crippen LogP contribution in [0.4, 0.5) is 0 Å². The van der Waals surface area contributed by atoms with Gasteiger partial charge in [-0.05, 0) is 25.3 Å². The first-order valence-corrected chi connectivity index (χ1v) is 7.90. The minimum Gasteiger partial charge on any atom is -0.375 e. The molecule has 1 aliphatic heterocycles. The highest BCUT2D eigenvalue weighted by atomic mass is 16.5. The van der Waals surface area contributed by atoms with E-state index in [0.717, 1.165) is 24.0 Å². The van der Waals surface area contributed by atoms with Crippen molar-refractivity contribution < 1.29 is 14.3 Å². The fourth-order valence-electron chi connectivity index (χ4n) is 2.70. The number of rotatable bonds is 5. The molecule has 0 radical (unpaired) electrons. The van der Waals surface area contributed by atoms with Crippen LogP contribution >= 0.6 is 0 Å². The molecule has 1 fully saturated rings. The molecule has 1 aliphatic rings. The highest BCUT2D eigenvalue weighted by Crippen LogP contribution is 2.15. The topological polar surface area (TPSA) is 84.7 Å². The lowest BCUT2D eigenvalue weighted by atomic mass is 10.0. The number of amides is 2. The molecule has 2 amide bonds. The molecule has 6 heteroatoms. The van der Waals surface area contributed by atoms with Crippen LogP contribution in [-0.2, 0) is 14.3 Å². The van der Waals surface area contributed by atoms with Gasteiger partial charge in [-0.2, -0.15) is 0 Å². The summed E-state index contributed by atoms with van der Waals surface area (Å²) in [6, 6.07) is 7.05. The van der Waals surface area contributed by atoms with Gasteiger partial charge >= 0.3 is 0 Å². The average molecular weight is 319 g/mol. The van der Waals surface area contributed by atoms with Gasteiger partial charge in [0.2, 0.25) is 11.8 Å². The Morgan fingerprint density at radius 1 is 1.30 bits per heavy atom. The quantitative estimate of drug-likeness (QED) is 0.839. The molecule has 0 aliphatic carbocycles. The summed E-state index contributed by atoms with van der Waals surface area (Å²) in [4.78, 5) is 25.8. The highest BCUT2D eigenvalue weighted by Gasteiger charge is 2.25. The van der Waals surface area contributed by atoms with Crippen molar-refractivity contribution in [3.05, 3.63) is 35.4 Å². The maximum Gasteiger partial charge on any atom is 0.248 e. The molecule has 23 heavy (non-hydrogen) atoms. The van der Waals surface area contributed by atoms with Crippen molar-refractivity contribution in [3.8, 4) is 0 Å². The normalized spacial score (nSPS) is 16.9. The number of carbonyl (C=O) groups is 2. The van der Waals surface area contributed by atoms with Gasteiger partial charge in [-0.25, -0.2) is 0 Å². The summed E-state index contributed by atoms with van der Waals surface area (Å²) in [5.74, 6) is -0.177. The van der Waals surface area contributed by atoms with Crippen LogP contribution in [0.25, 0.3) is 0 Å². The Bertz CT molecular complexity index is 537. The Morgan fingerprint density at radius 3 is 2.48 bits per heavy atom. The second kappa shape index (κ2) is 8.08. The van der Waals surface area contributed by atoms with Gasteiger partial charge in [-0.15, -0.1) is 0 Å². The summed E-state index contributed by atoms with van der Waals surface area (Å²) in [5.41, 5.74) is 7.97. The van der Waals surface area contributed by atoms with Crippen molar-refractivity contribution in [2.45, 2.75) is 31.8 Å². The molecular formula is C17H25N3O3. The number of methoxy groups -OCH3 is 1. The number of nitrogens with one attached hydrogen (secondary N) is 1. The first-order valence-electron chi connectivity index (χ1n) is 7.90. The van der Waals surface area contributed by atoms with E-state index in [-0.39, 0.29) is 24.5 Å². The van der Waals surface area contributed by atoms with Gasteiger partial charge in [-0.3, -0.25) is 9.59 Å². The van der Waals surface area contributed by atoms with E-state index < -0.39 is 6.04 Å². The molecule has 1 saturated heterocycles. The van der Waals surface area contributed by atoms with E-state index in [1.807, 2.05) is 31.2 Å². The van der Waals surface area contributed by atoms with Crippen molar-refractivity contribution in [2.24, 2.45) is 5.73 Å². The number of likely N-dealkylation sites (tertiary alicyclic amines) is 1. The molecule has 0 bridgehead atoms. The lowest BCUT2D eigenvalue weighted by molar-refractivity contribution is -0.136. The summed E-state index contributed by atoms with van der Waals surface area (Å²) >= 11 is 0. The number of benzene rings is 1. The Morgan fingerprint density at radius 2 is 1.91 bits per heavy atom. The maximum absolute atomic E-state index is 12.3. The molecule has 1 aromatic carbocycles. The maximum atomic E-state index is 12.3. The van der Waals surface area contributed by atoms with E-state index in [1.165, 1.54) is 7.11 Å². The first kappa shape index (κ1) is 17.4. The average Bonchev–Trinajstić information content (AvgIpc) is 2.55. The van der Waals surface area contributed by atoms with Crippen molar-refractivity contribution in [3.63, 3.8) is 0 Å². The molecule has 126 valence electrons. The predicted octanol–water partition coefficient (Wildman–Crippen LogP) is 0.748. The minimum atomic E-state index is -0.663. The van der Waals surface area contributed by atoms with Crippen molar-refractivity contribution in [2.75, 3.05) is 26.8 Å². The molecule has 0 saturated carbocycles. The van der Waals surface area contributed by atoms with Crippen LogP contribution in [0.2, 0.25) is 0 Å². The second-order valence-corrected chi connectivity index (χ2v) is 5.99. The number of nitrogens with two attached hydrogens (primary N) is 1. The molecule has 2 rings (SSSR count). The zero-order valence-corrected chi connectivity index (χ0v) is 13.7. The molecule has 1 atom stereocenters.